The van der Waals surface area contributed by atoms with Gasteiger partial charge < -0.3 is 10.6 Å². The van der Waals surface area contributed by atoms with Gasteiger partial charge in [-0.2, -0.15) is 5.26 Å². The van der Waals surface area contributed by atoms with E-state index < -0.39 is 0 Å². The van der Waals surface area contributed by atoms with Crippen LogP contribution in [0.15, 0.2) is 53.7 Å². The molecule has 0 unspecified atom stereocenters. The highest BCUT2D eigenvalue weighted by molar-refractivity contribution is 14.0. The molecule has 0 spiro atoms. The van der Waals surface area contributed by atoms with Gasteiger partial charge in [0.15, 0.2) is 5.96 Å². The fourth-order valence-corrected chi connectivity index (χ4v) is 1.96. The van der Waals surface area contributed by atoms with Gasteiger partial charge in [-0.25, -0.2) is 0 Å². The molecule has 2 aromatic rings. The molecule has 1 heterocycles. The molecule has 0 saturated heterocycles. The predicted molar refractivity (Wildman–Crippen MR) is 103 cm³/mol. The molecule has 1 aromatic heterocycles. The SMILES string of the molecule is CN=C(NCCc1ccccn1)NCc1ccc(C#N)cc1.I. The Labute approximate surface area is 153 Å². The highest BCUT2D eigenvalue weighted by Gasteiger charge is 1.99. The van der Waals surface area contributed by atoms with Crippen molar-refractivity contribution in [1.82, 2.24) is 15.6 Å². The predicted octanol–water partition coefficient (Wildman–Crippen LogP) is 2.48. The summed E-state index contributed by atoms with van der Waals surface area (Å²) in [6, 6.07) is 15.5. The molecular formula is C17H20IN5. The van der Waals surface area contributed by atoms with Gasteiger partial charge in [-0.1, -0.05) is 18.2 Å². The van der Waals surface area contributed by atoms with Crippen LogP contribution in [0.4, 0.5) is 0 Å². The number of halogens is 1. The summed E-state index contributed by atoms with van der Waals surface area (Å²) >= 11 is 0. The second-order valence-corrected chi connectivity index (χ2v) is 4.73. The zero-order valence-electron chi connectivity index (χ0n) is 13.0. The zero-order valence-corrected chi connectivity index (χ0v) is 15.3. The fourth-order valence-electron chi connectivity index (χ4n) is 1.96. The molecule has 23 heavy (non-hydrogen) atoms. The van der Waals surface area contributed by atoms with Gasteiger partial charge in [-0.15, -0.1) is 24.0 Å². The van der Waals surface area contributed by atoms with Gasteiger partial charge in [0, 0.05) is 38.4 Å². The molecule has 0 bridgehead atoms. The number of hydrogen-bond acceptors (Lipinski definition) is 3. The topological polar surface area (TPSA) is 73.1 Å². The molecule has 0 aliphatic carbocycles. The third-order valence-electron chi connectivity index (χ3n) is 3.17. The number of aliphatic imine (C=N–C) groups is 1. The lowest BCUT2D eigenvalue weighted by molar-refractivity contribution is 0.784. The van der Waals surface area contributed by atoms with Crippen molar-refractivity contribution in [2.45, 2.75) is 13.0 Å². The van der Waals surface area contributed by atoms with Gasteiger partial charge in [-0.05, 0) is 29.8 Å². The molecule has 1 aromatic carbocycles. The highest BCUT2D eigenvalue weighted by Crippen LogP contribution is 2.02. The number of rotatable bonds is 5. The number of pyridine rings is 1. The largest absolute Gasteiger partial charge is 0.356 e. The van der Waals surface area contributed by atoms with Gasteiger partial charge in [0.05, 0.1) is 11.6 Å². The number of aromatic nitrogens is 1. The van der Waals surface area contributed by atoms with Crippen molar-refractivity contribution in [3.05, 3.63) is 65.5 Å². The quantitative estimate of drug-likeness (QED) is 0.442. The highest BCUT2D eigenvalue weighted by atomic mass is 127. The summed E-state index contributed by atoms with van der Waals surface area (Å²) in [6.07, 6.45) is 2.64. The summed E-state index contributed by atoms with van der Waals surface area (Å²) < 4.78 is 0. The summed E-state index contributed by atoms with van der Waals surface area (Å²) in [7, 11) is 1.74. The summed E-state index contributed by atoms with van der Waals surface area (Å²) in [5.41, 5.74) is 2.82. The lowest BCUT2D eigenvalue weighted by Gasteiger charge is -2.11. The van der Waals surface area contributed by atoms with Crippen molar-refractivity contribution in [3.8, 4) is 6.07 Å². The summed E-state index contributed by atoms with van der Waals surface area (Å²) in [5, 5.41) is 15.3. The Kier molecular flexibility index (Phi) is 8.68. The van der Waals surface area contributed by atoms with E-state index in [0.29, 0.717) is 12.1 Å². The molecule has 0 saturated carbocycles. The molecule has 0 aliphatic heterocycles. The molecule has 120 valence electrons. The van der Waals surface area contributed by atoms with Crippen LogP contribution < -0.4 is 10.6 Å². The first-order valence-electron chi connectivity index (χ1n) is 7.15. The van der Waals surface area contributed by atoms with E-state index >= 15 is 0 Å². The van der Waals surface area contributed by atoms with E-state index in [-0.39, 0.29) is 24.0 Å². The van der Waals surface area contributed by atoms with E-state index in [4.69, 9.17) is 5.26 Å². The van der Waals surface area contributed by atoms with Crippen molar-refractivity contribution in [1.29, 1.82) is 5.26 Å². The Morgan fingerprint density at radius 3 is 2.57 bits per heavy atom. The third-order valence-corrected chi connectivity index (χ3v) is 3.17. The van der Waals surface area contributed by atoms with Crippen molar-refractivity contribution in [2.75, 3.05) is 13.6 Å². The zero-order chi connectivity index (χ0) is 15.6. The van der Waals surface area contributed by atoms with E-state index in [2.05, 4.69) is 26.7 Å². The molecule has 0 fully saturated rings. The first kappa shape index (κ1) is 18.9. The monoisotopic (exact) mass is 421 g/mol. The summed E-state index contributed by atoms with van der Waals surface area (Å²) in [4.78, 5) is 8.47. The van der Waals surface area contributed by atoms with Crippen molar-refractivity contribution in [3.63, 3.8) is 0 Å². The molecule has 6 heteroatoms. The van der Waals surface area contributed by atoms with Crippen LogP contribution in [0.5, 0.6) is 0 Å². The minimum Gasteiger partial charge on any atom is -0.356 e. The van der Waals surface area contributed by atoms with Crippen LogP contribution in [0.25, 0.3) is 0 Å². The Morgan fingerprint density at radius 1 is 1.17 bits per heavy atom. The maximum Gasteiger partial charge on any atom is 0.191 e. The van der Waals surface area contributed by atoms with Crippen LogP contribution in [-0.2, 0) is 13.0 Å². The number of hydrogen-bond donors (Lipinski definition) is 2. The van der Waals surface area contributed by atoms with E-state index in [1.807, 2.05) is 42.5 Å². The minimum absolute atomic E-state index is 0. The van der Waals surface area contributed by atoms with E-state index in [9.17, 15) is 0 Å². The molecule has 2 N–H and O–H groups in total. The number of benzene rings is 1. The first-order chi connectivity index (χ1) is 10.8. The van der Waals surface area contributed by atoms with Crippen LogP contribution in [-0.4, -0.2) is 24.5 Å². The molecule has 0 amide bonds. The van der Waals surface area contributed by atoms with Gasteiger partial charge in [-0.3, -0.25) is 9.98 Å². The first-order valence-corrected chi connectivity index (χ1v) is 7.15. The van der Waals surface area contributed by atoms with Crippen molar-refractivity contribution in [2.24, 2.45) is 4.99 Å². The van der Waals surface area contributed by atoms with Gasteiger partial charge in [0.1, 0.15) is 0 Å². The van der Waals surface area contributed by atoms with Crippen LogP contribution in [0.1, 0.15) is 16.8 Å². The van der Waals surface area contributed by atoms with E-state index in [0.717, 1.165) is 30.2 Å². The summed E-state index contributed by atoms with van der Waals surface area (Å²) in [5.74, 6) is 0.750. The van der Waals surface area contributed by atoms with Gasteiger partial charge in [0.25, 0.3) is 0 Å². The van der Waals surface area contributed by atoms with E-state index in [1.165, 1.54) is 0 Å². The van der Waals surface area contributed by atoms with Crippen LogP contribution in [0.3, 0.4) is 0 Å². The summed E-state index contributed by atoms with van der Waals surface area (Å²) in [6.45, 7) is 1.43. The maximum atomic E-state index is 8.78. The van der Waals surface area contributed by atoms with Crippen LogP contribution in [0.2, 0.25) is 0 Å². The minimum atomic E-state index is 0. The smallest absolute Gasteiger partial charge is 0.191 e. The van der Waals surface area contributed by atoms with E-state index in [1.54, 1.807) is 13.2 Å². The molecule has 0 aliphatic rings. The number of nitrogens with zero attached hydrogens (tertiary/aromatic N) is 3. The second-order valence-electron chi connectivity index (χ2n) is 4.73. The molecule has 2 rings (SSSR count). The normalized spacial score (nSPS) is 10.3. The number of nitriles is 1. The second kappa shape index (κ2) is 10.6. The van der Waals surface area contributed by atoms with Gasteiger partial charge >= 0.3 is 0 Å². The molecular weight excluding hydrogens is 401 g/mol. The average Bonchev–Trinajstić information content (AvgIpc) is 2.59. The maximum absolute atomic E-state index is 8.78. The number of nitrogens with one attached hydrogen (secondary N) is 2. The van der Waals surface area contributed by atoms with Gasteiger partial charge in [0.2, 0.25) is 0 Å². The lowest BCUT2D eigenvalue weighted by Crippen LogP contribution is -2.37. The van der Waals surface area contributed by atoms with Crippen molar-refractivity contribution < 1.29 is 0 Å². The standard InChI is InChI=1S/C17H19N5.HI/c1-19-17(21-11-9-16-4-2-3-10-20-16)22-13-15-7-5-14(12-18)6-8-15;/h2-8,10H,9,11,13H2,1H3,(H2,19,21,22);1H. The lowest BCUT2D eigenvalue weighted by atomic mass is 10.1. The number of guanidine groups is 1. The Hall–Kier alpha value is -2.14. The van der Waals surface area contributed by atoms with Crippen molar-refractivity contribution >= 4 is 29.9 Å². The van der Waals surface area contributed by atoms with Crippen LogP contribution in [0, 0.1) is 11.3 Å². The molecule has 5 nitrogen and oxygen atoms in total. The molecule has 0 radical (unpaired) electrons. The fraction of sp³-hybridized carbons (Fsp3) is 0.235. The Balaban J connectivity index is 0.00000264. The molecule has 0 atom stereocenters. The Bertz CT molecular complexity index is 647. The van der Waals surface area contributed by atoms with Crippen LogP contribution >= 0.6 is 24.0 Å². The Morgan fingerprint density at radius 2 is 1.96 bits per heavy atom. The third kappa shape index (κ3) is 6.65. The average molecular weight is 421 g/mol.